The summed E-state index contributed by atoms with van der Waals surface area (Å²) in [6.45, 7) is 2.04. The van der Waals surface area contributed by atoms with Gasteiger partial charge in [-0.2, -0.15) is 5.10 Å². The van der Waals surface area contributed by atoms with E-state index in [1.165, 1.54) is 0 Å². The van der Waals surface area contributed by atoms with Crippen molar-refractivity contribution in [3.8, 4) is 11.1 Å². The van der Waals surface area contributed by atoms with E-state index in [1.807, 2.05) is 54.9 Å². The largest absolute Gasteiger partial charge is 0.440 e. The van der Waals surface area contributed by atoms with Crippen LogP contribution in [0.25, 0.3) is 22.1 Å². The van der Waals surface area contributed by atoms with Crippen LogP contribution in [0.3, 0.4) is 0 Å². The van der Waals surface area contributed by atoms with Crippen molar-refractivity contribution in [3.63, 3.8) is 0 Å². The molecule has 5 rings (SSSR count). The molecule has 1 aliphatic heterocycles. The average Bonchev–Trinajstić information content (AvgIpc) is 3.41. The van der Waals surface area contributed by atoms with Crippen LogP contribution in [-0.2, 0) is 0 Å². The van der Waals surface area contributed by atoms with Gasteiger partial charge in [0.2, 0.25) is 0 Å². The number of nitrogens with zero attached hydrogens (tertiary/aromatic N) is 3. The first-order valence-electron chi connectivity index (χ1n) is 8.82. The minimum absolute atomic E-state index is 0. The van der Waals surface area contributed by atoms with Gasteiger partial charge in [-0.05, 0) is 31.2 Å². The third-order valence-corrected chi connectivity index (χ3v) is 4.78. The highest BCUT2D eigenvalue weighted by molar-refractivity contribution is 5.85. The van der Waals surface area contributed by atoms with Crippen LogP contribution in [-0.4, -0.2) is 27.9 Å². The van der Waals surface area contributed by atoms with Gasteiger partial charge in [0.25, 0.3) is 0 Å². The highest BCUT2D eigenvalue weighted by atomic mass is 35.5. The first-order valence-corrected chi connectivity index (χ1v) is 8.82. The number of para-hydroxylation sites is 1. The van der Waals surface area contributed by atoms with Crippen LogP contribution in [0.2, 0.25) is 0 Å². The first-order chi connectivity index (χ1) is 12.8. The second kappa shape index (κ2) is 8.65. The van der Waals surface area contributed by atoms with E-state index < -0.39 is 0 Å². The fourth-order valence-corrected chi connectivity index (χ4v) is 3.36. The summed E-state index contributed by atoms with van der Waals surface area (Å²) in [7, 11) is 0. The molecule has 1 aliphatic rings. The Labute approximate surface area is 175 Å². The van der Waals surface area contributed by atoms with Crippen molar-refractivity contribution in [2.45, 2.75) is 12.5 Å². The number of furan rings is 1. The van der Waals surface area contributed by atoms with E-state index in [1.54, 1.807) is 0 Å². The van der Waals surface area contributed by atoms with E-state index >= 15 is 0 Å². The molecule has 146 valence electrons. The summed E-state index contributed by atoms with van der Waals surface area (Å²) < 4.78 is 7.83. The van der Waals surface area contributed by atoms with Gasteiger partial charge in [0.05, 0.1) is 12.2 Å². The number of aromatic nitrogens is 3. The molecule has 1 fully saturated rings. The SMILES string of the molecule is Cl.Cl.c1ccc2oc(Nc3ccc(-c4cnn([C@@H]5CCNC5)c4)cn3)cc2c1. The van der Waals surface area contributed by atoms with Crippen molar-refractivity contribution in [2.75, 3.05) is 18.4 Å². The summed E-state index contributed by atoms with van der Waals surface area (Å²) >= 11 is 0. The minimum atomic E-state index is 0. The van der Waals surface area contributed by atoms with Gasteiger partial charge < -0.3 is 15.1 Å². The smallest absolute Gasteiger partial charge is 0.199 e. The third-order valence-electron chi connectivity index (χ3n) is 4.78. The molecule has 0 bridgehead atoms. The molecule has 0 saturated carbocycles. The van der Waals surface area contributed by atoms with Crippen molar-refractivity contribution in [1.82, 2.24) is 20.1 Å². The molecule has 6 nitrogen and oxygen atoms in total. The quantitative estimate of drug-likeness (QED) is 0.498. The average molecular weight is 418 g/mol. The molecule has 3 aromatic heterocycles. The molecule has 1 atom stereocenters. The number of pyridine rings is 1. The lowest BCUT2D eigenvalue weighted by Gasteiger charge is -2.07. The Hall–Kier alpha value is -2.54. The molecule has 1 saturated heterocycles. The molecule has 0 unspecified atom stereocenters. The van der Waals surface area contributed by atoms with Gasteiger partial charge in [0, 0.05) is 41.5 Å². The Balaban J connectivity index is 0.00000112. The zero-order chi connectivity index (χ0) is 17.3. The second-order valence-electron chi connectivity index (χ2n) is 6.56. The standard InChI is InChI=1S/C20H19N5O.2ClH/c1-2-4-18-14(3-1)9-20(26-18)24-19-6-5-15(10-22-19)16-11-23-25(13-16)17-7-8-21-12-17;;/h1-6,9-11,13,17,21H,7-8,12H2,(H,22,24);2*1H/t17-;;/m1../s1. The molecule has 2 N–H and O–H groups in total. The van der Waals surface area contributed by atoms with E-state index in [-0.39, 0.29) is 24.8 Å². The zero-order valence-electron chi connectivity index (χ0n) is 15.0. The van der Waals surface area contributed by atoms with Crippen molar-refractivity contribution < 1.29 is 4.42 Å². The van der Waals surface area contributed by atoms with E-state index in [2.05, 4.69) is 31.6 Å². The summed E-state index contributed by atoms with van der Waals surface area (Å²) in [5, 5.41) is 12.2. The highest BCUT2D eigenvalue weighted by Gasteiger charge is 2.17. The maximum absolute atomic E-state index is 5.78. The van der Waals surface area contributed by atoms with Crippen molar-refractivity contribution in [1.29, 1.82) is 0 Å². The lowest BCUT2D eigenvalue weighted by atomic mass is 10.1. The van der Waals surface area contributed by atoms with Gasteiger partial charge in [0.1, 0.15) is 11.4 Å². The van der Waals surface area contributed by atoms with Crippen LogP contribution in [0.4, 0.5) is 11.7 Å². The van der Waals surface area contributed by atoms with Gasteiger partial charge in [0.15, 0.2) is 5.88 Å². The molecule has 1 aromatic carbocycles. The number of hydrogen-bond donors (Lipinski definition) is 2. The molecule has 4 heterocycles. The van der Waals surface area contributed by atoms with Crippen LogP contribution in [0, 0.1) is 0 Å². The number of anilines is 2. The van der Waals surface area contributed by atoms with E-state index in [4.69, 9.17) is 4.42 Å². The van der Waals surface area contributed by atoms with Gasteiger partial charge >= 0.3 is 0 Å². The third kappa shape index (κ3) is 3.99. The van der Waals surface area contributed by atoms with Crippen molar-refractivity contribution in [2.24, 2.45) is 0 Å². The van der Waals surface area contributed by atoms with Gasteiger partial charge in [-0.1, -0.05) is 18.2 Å². The second-order valence-corrected chi connectivity index (χ2v) is 6.56. The lowest BCUT2D eigenvalue weighted by Crippen LogP contribution is -2.13. The van der Waals surface area contributed by atoms with Crippen LogP contribution in [0.1, 0.15) is 12.5 Å². The Morgan fingerprint density at radius 3 is 2.71 bits per heavy atom. The van der Waals surface area contributed by atoms with E-state index in [9.17, 15) is 0 Å². The molecule has 28 heavy (non-hydrogen) atoms. The fourth-order valence-electron chi connectivity index (χ4n) is 3.36. The number of fused-ring (bicyclic) bond motifs is 1. The summed E-state index contributed by atoms with van der Waals surface area (Å²) in [6.07, 6.45) is 6.99. The summed E-state index contributed by atoms with van der Waals surface area (Å²) in [5.74, 6) is 1.44. The Morgan fingerprint density at radius 2 is 1.96 bits per heavy atom. The summed E-state index contributed by atoms with van der Waals surface area (Å²) in [5.41, 5.74) is 3.00. The highest BCUT2D eigenvalue weighted by Crippen LogP contribution is 2.26. The lowest BCUT2D eigenvalue weighted by molar-refractivity contribution is 0.491. The Bertz CT molecular complexity index is 1010. The van der Waals surface area contributed by atoms with Gasteiger partial charge in [-0.15, -0.1) is 24.8 Å². The zero-order valence-corrected chi connectivity index (χ0v) is 16.7. The number of hydrogen-bond acceptors (Lipinski definition) is 5. The Kier molecular flexibility index (Phi) is 6.24. The minimum Gasteiger partial charge on any atom is -0.440 e. The molecular formula is C20H21Cl2N5O. The number of nitrogens with one attached hydrogen (secondary N) is 2. The monoisotopic (exact) mass is 417 g/mol. The van der Waals surface area contributed by atoms with Crippen LogP contribution >= 0.6 is 24.8 Å². The molecule has 0 aliphatic carbocycles. The number of halogens is 2. The predicted octanol–water partition coefficient (Wildman–Crippen LogP) is 4.81. The molecule has 4 aromatic rings. The number of rotatable bonds is 4. The van der Waals surface area contributed by atoms with E-state index in [0.717, 1.165) is 47.4 Å². The van der Waals surface area contributed by atoms with Gasteiger partial charge in [-0.25, -0.2) is 4.98 Å². The summed E-state index contributed by atoms with van der Waals surface area (Å²) in [4.78, 5) is 4.51. The number of benzene rings is 1. The van der Waals surface area contributed by atoms with Crippen LogP contribution < -0.4 is 10.6 Å². The predicted molar refractivity (Wildman–Crippen MR) is 116 cm³/mol. The molecule has 0 radical (unpaired) electrons. The molecule has 8 heteroatoms. The van der Waals surface area contributed by atoms with E-state index in [0.29, 0.717) is 11.9 Å². The van der Waals surface area contributed by atoms with Crippen molar-refractivity contribution >= 4 is 47.5 Å². The van der Waals surface area contributed by atoms with Crippen LogP contribution in [0.15, 0.2) is 65.5 Å². The maximum Gasteiger partial charge on any atom is 0.199 e. The first kappa shape index (κ1) is 20.2. The Morgan fingerprint density at radius 1 is 1.07 bits per heavy atom. The van der Waals surface area contributed by atoms with Crippen molar-refractivity contribution in [3.05, 3.63) is 61.1 Å². The maximum atomic E-state index is 5.78. The molecule has 0 amide bonds. The summed E-state index contributed by atoms with van der Waals surface area (Å²) in [6, 6.07) is 14.4. The van der Waals surface area contributed by atoms with Gasteiger partial charge in [-0.3, -0.25) is 4.68 Å². The normalized spacial score (nSPS) is 15.8. The van der Waals surface area contributed by atoms with Crippen LogP contribution in [0.5, 0.6) is 0 Å². The fraction of sp³-hybridized carbons (Fsp3) is 0.200. The molecular weight excluding hydrogens is 397 g/mol. The topological polar surface area (TPSA) is 67.9 Å². The molecule has 0 spiro atoms.